The number of methoxy groups -OCH3 is 2. The van der Waals surface area contributed by atoms with Crippen molar-refractivity contribution in [2.45, 2.75) is 6.42 Å². The molecule has 0 unspecified atom stereocenters. The van der Waals surface area contributed by atoms with Crippen LogP contribution >= 0.6 is 15.9 Å². The maximum absolute atomic E-state index is 5.26. The fraction of sp³-hybridized carbons (Fsp3) is 0.250. The lowest BCUT2D eigenvalue weighted by atomic mass is 10.1. The summed E-state index contributed by atoms with van der Waals surface area (Å²) in [5, 5.41) is 0. The number of aromatic nitrogens is 2. The van der Waals surface area contributed by atoms with E-state index in [1.807, 2.05) is 18.2 Å². The van der Waals surface area contributed by atoms with Crippen LogP contribution in [0.2, 0.25) is 0 Å². The molecule has 2 rings (SSSR count). The van der Waals surface area contributed by atoms with Crippen LogP contribution in [0.25, 0.3) is 0 Å². The molecular formula is C12H13BrN2O2. The summed E-state index contributed by atoms with van der Waals surface area (Å²) in [5.74, 6) is 1.47. The van der Waals surface area contributed by atoms with E-state index in [0.717, 1.165) is 33.8 Å². The highest BCUT2D eigenvalue weighted by molar-refractivity contribution is 9.10. The van der Waals surface area contributed by atoms with E-state index in [2.05, 4.69) is 25.9 Å². The average Bonchev–Trinajstić information content (AvgIpc) is 2.75. The van der Waals surface area contributed by atoms with Gasteiger partial charge in [0.2, 0.25) is 0 Å². The monoisotopic (exact) mass is 296 g/mol. The van der Waals surface area contributed by atoms with Crippen LogP contribution in [0.3, 0.4) is 0 Å². The highest BCUT2D eigenvalue weighted by atomic mass is 79.9. The summed E-state index contributed by atoms with van der Waals surface area (Å²) in [6, 6.07) is 5.87. The first-order valence-corrected chi connectivity index (χ1v) is 5.92. The molecule has 0 aliphatic carbocycles. The van der Waals surface area contributed by atoms with Crippen LogP contribution in [0.5, 0.6) is 11.5 Å². The first-order chi connectivity index (χ1) is 8.24. The molecule has 1 N–H and O–H groups in total. The number of hydrogen-bond donors (Lipinski definition) is 1. The lowest BCUT2D eigenvalue weighted by Gasteiger charge is -2.09. The largest absolute Gasteiger partial charge is 0.493 e. The Hall–Kier alpha value is -1.49. The number of halogens is 1. The summed E-state index contributed by atoms with van der Waals surface area (Å²) in [6.07, 6.45) is 2.43. The SMILES string of the molecule is COc1ccc(Cc2[nH]cnc2Br)cc1OC. The predicted octanol–water partition coefficient (Wildman–Crippen LogP) is 2.78. The van der Waals surface area contributed by atoms with Crippen molar-refractivity contribution in [3.8, 4) is 11.5 Å². The first kappa shape index (κ1) is 12.0. The Kier molecular flexibility index (Phi) is 3.68. The second kappa shape index (κ2) is 5.23. The molecular weight excluding hydrogens is 284 g/mol. The van der Waals surface area contributed by atoms with E-state index in [0.29, 0.717) is 0 Å². The fourth-order valence-electron chi connectivity index (χ4n) is 1.62. The molecule has 0 fully saturated rings. The van der Waals surface area contributed by atoms with Gasteiger partial charge >= 0.3 is 0 Å². The van der Waals surface area contributed by atoms with E-state index in [-0.39, 0.29) is 0 Å². The maximum Gasteiger partial charge on any atom is 0.160 e. The molecule has 0 spiro atoms. The van der Waals surface area contributed by atoms with Gasteiger partial charge in [-0.2, -0.15) is 0 Å². The smallest absolute Gasteiger partial charge is 0.160 e. The normalized spacial score (nSPS) is 10.3. The molecule has 1 heterocycles. The van der Waals surface area contributed by atoms with Crippen molar-refractivity contribution in [2.75, 3.05) is 14.2 Å². The molecule has 90 valence electrons. The Morgan fingerprint density at radius 2 is 2.00 bits per heavy atom. The molecule has 1 aromatic heterocycles. The highest BCUT2D eigenvalue weighted by Crippen LogP contribution is 2.28. The van der Waals surface area contributed by atoms with Crippen molar-refractivity contribution in [3.63, 3.8) is 0 Å². The number of nitrogens with one attached hydrogen (secondary N) is 1. The van der Waals surface area contributed by atoms with Crippen molar-refractivity contribution in [1.82, 2.24) is 9.97 Å². The zero-order chi connectivity index (χ0) is 12.3. The van der Waals surface area contributed by atoms with E-state index in [4.69, 9.17) is 9.47 Å². The van der Waals surface area contributed by atoms with Crippen LogP contribution in [0, 0.1) is 0 Å². The molecule has 0 atom stereocenters. The molecule has 0 aliphatic heterocycles. The minimum absolute atomic E-state index is 0.736. The van der Waals surface area contributed by atoms with Crippen molar-refractivity contribution in [1.29, 1.82) is 0 Å². The van der Waals surface area contributed by atoms with Crippen LogP contribution in [0.1, 0.15) is 11.3 Å². The molecule has 5 heteroatoms. The van der Waals surface area contributed by atoms with Crippen LogP contribution in [-0.4, -0.2) is 24.2 Å². The molecule has 0 aliphatic rings. The van der Waals surface area contributed by atoms with Gasteiger partial charge < -0.3 is 14.5 Å². The van der Waals surface area contributed by atoms with Gasteiger partial charge in [0.25, 0.3) is 0 Å². The second-order valence-corrected chi connectivity index (χ2v) is 4.29. The van der Waals surface area contributed by atoms with E-state index >= 15 is 0 Å². The summed E-state index contributed by atoms with van der Waals surface area (Å²) in [6.45, 7) is 0. The van der Waals surface area contributed by atoms with E-state index in [1.165, 1.54) is 0 Å². The van der Waals surface area contributed by atoms with Crippen molar-refractivity contribution in [3.05, 3.63) is 40.4 Å². The number of imidazole rings is 1. The van der Waals surface area contributed by atoms with Crippen LogP contribution in [0.4, 0.5) is 0 Å². The maximum atomic E-state index is 5.26. The summed E-state index contributed by atoms with van der Waals surface area (Å²) < 4.78 is 11.3. The third-order valence-corrected chi connectivity index (χ3v) is 3.18. The molecule has 0 bridgehead atoms. The summed E-state index contributed by atoms with van der Waals surface area (Å²) >= 11 is 3.39. The molecule has 0 amide bonds. The first-order valence-electron chi connectivity index (χ1n) is 5.13. The van der Waals surface area contributed by atoms with Gasteiger partial charge in [0, 0.05) is 6.42 Å². The molecule has 4 nitrogen and oxygen atoms in total. The Morgan fingerprint density at radius 3 is 2.59 bits per heavy atom. The van der Waals surface area contributed by atoms with Gasteiger partial charge in [0.05, 0.1) is 26.2 Å². The molecule has 0 radical (unpaired) electrons. The van der Waals surface area contributed by atoms with Crippen LogP contribution in [-0.2, 0) is 6.42 Å². The molecule has 0 saturated carbocycles. The number of ether oxygens (including phenoxy) is 2. The molecule has 1 aromatic carbocycles. The summed E-state index contributed by atoms with van der Waals surface area (Å²) in [4.78, 5) is 7.18. The number of H-pyrrole nitrogens is 1. The van der Waals surface area contributed by atoms with Gasteiger partial charge in [-0.15, -0.1) is 0 Å². The van der Waals surface area contributed by atoms with Crippen molar-refractivity contribution >= 4 is 15.9 Å². The minimum atomic E-state index is 0.736. The number of rotatable bonds is 4. The summed E-state index contributed by atoms with van der Waals surface area (Å²) in [7, 11) is 3.26. The van der Waals surface area contributed by atoms with E-state index in [1.54, 1.807) is 20.5 Å². The number of aromatic amines is 1. The van der Waals surface area contributed by atoms with Gasteiger partial charge in [-0.3, -0.25) is 0 Å². The predicted molar refractivity (Wildman–Crippen MR) is 68.6 cm³/mol. The van der Waals surface area contributed by atoms with Gasteiger partial charge in [-0.05, 0) is 33.6 Å². The molecule has 17 heavy (non-hydrogen) atoms. The Labute approximate surface area is 108 Å². The molecule has 2 aromatic rings. The van der Waals surface area contributed by atoms with Crippen molar-refractivity contribution in [2.24, 2.45) is 0 Å². The van der Waals surface area contributed by atoms with Gasteiger partial charge in [0.1, 0.15) is 4.60 Å². The second-order valence-electron chi connectivity index (χ2n) is 3.54. The lowest BCUT2D eigenvalue weighted by Crippen LogP contribution is -1.94. The van der Waals surface area contributed by atoms with Crippen LogP contribution < -0.4 is 9.47 Å². The minimum Gasteiger partial charge on any atom is -0.493 e. The fourth-order valence-corrected chi connectivity index (χ4v) is 1.98. The van der Waals surface area contributed by atoms with Gasteiger partial charge in [-0.1, -0.05) is 6.07 Å². The van der Waals surface area contributed by atoms with E-state index in [9.17, 15) is 0 Å². The van der Waals surface area contributed by atoms with Crippen molar-refractivity contribution < 1.29 is 9.47 Å². The average molecular weight is 297 g/mol. The van der Waals surface area contributed by atoms with Gasteiger partial charge in [-0.25, -0.2) is 4.98 Å². The Morgan fingerprint density at radius 1 is 1.24 bits per heavy atom. The van der Waals surface area contributed by atoms with Crippen LogP contribution in [0.15, 0.2) is 29.1 Å². The number of hydrogen-bond acceptors (Lipinski definition) is 3. The van der Waals surface area contributed by atoms with Gasteiger partial charge in [0.15, 0.2) is 11.5 Å². The number of benzene rings is 1. The Bertz CT molecular complexity index is 511. The third kappa shape index (κ3) is 2.61. The van der Waals surface area contributed by atoms with E-state index < -0.39 is 0 Å². The lowest BCUT2D eigenvalue weighted by molar-refractivity contribution is 0.354. The Balaban J connectivity index is 2.25. The number of nitrogens with zero attached hydrogens (tertiary/aromatic N) is 1. The third-order valence-electron chi connectivity index (χ3n) is 2.49. The quantitative estimate of drug-likeness (QED) is 0.944. The molecule has 0 saturated heterocycles. The standard InChI is InChI=1S/C12H13BrN2O2/c1-16-10-4-3-8(6-11(10)17-2)5-9-12(13)15-7-14-9/h3-4,6-7H,5H2,1-2H3,(H,14,15). The highest BCUT2D eigenvalue weighted by Gasteiger charge is 2.07. The zero-order valence-corrected chi connectivity index (χ0v) is 11.2. The summed E-state index contributed by atoms with van der Waals surface area (Å²) in [5.41, 5.74) is 2.17. The topological polar surface area (TPSA) is 47.1 Å². The zero-order valence-electron chi connectivity index (χ0n) is 9.66.